The number of hydrogen-bond donors (Lipinski definition) is 1. The normalized spacial score (nSPS) is 13.9. The molecule has 0 spiro atoms. The van der Waals surface area contributed by atoms with Crippen LogP contribution in [-0.4, -0.2) is 16.3 Å². The van der Waals surface area contributed by atoms with Gasteiger partial charge in [0.15, 0.2) is 0 Å². The molecule has 0 amide bonds. The van der Waals surface area contributed by atoms with Crippen LogP contribution >= 0.6 is 34.8 Å². The highest BCUT2D eigenvalue weighted by Gasteiger charge is 2.22. The molecule has 1 aromatic heterocycles. The molecule has 0 saturated carbocycles. The van der Waals surface area contributed by atoms with Crippen LogP contribution in [0.1, 0.15) is 18.4 Å². The SMILES string of the molecule is Clc1cccc(-c2nn(-c3cc(Cl)ccc3Cl)c3c2CCCCN3)c1. The largest absolute Gasteiger partial charge is 0.370 e. The molecular formula is C19H16Cl3N3. The molecule has 0 aliphatic carbocycles. The minimum absolute atomic E-state index is 0.610. The summed E-state index contributed by atoms with van der Waals surface area (Å²) >= 11 is 18.8. The molecule has 0 saturated heterocycles. The molecule has 4 rings (SSSR count). The van der Waals surface area contributed by atoms with Gasteiger partial charge in [0, 0.05) is 27.7 Å². The third kappa shape index (κ3) is 3.24. The Balaban J connectivity index is 1.95. The maximum absolute atomic E-state index is 6.43. The fraction of sp³-hybridized carbons (Fsp3) is 0.211. The van der Waals surface area contributed by atoms with Crippen LogP contribution in [0, 0.1) is 0 Å². The summed E-state index contributed by atoms with van der Waals surface area (Å²) in [7, 11) is 0. The van der Waals surface area contributed by atoms with Crippen LogP contribution in [0.2, 0.25) is 15.1 Å². The van der Waals surface area contributed by atoms with Crippen LogP contribution in [0.4, 0.5) is 5.82 Å². The first-order valence-corrected chi connectivity index (χ1v) is 9.34. The number of benzene rings is 2. The van der Waals surface area contributed by atoms with Gasteiger partial charge in [-0.15, -0.1) is 0 Å². The van der Waals surface area contributed by atoms with Crippen molar-refractivity contribution in [2.75, 3.05) is 11.9 Å². The Labute approximate surface area is 161 Å². The second-order valence-electron chi connectivity index (χ2n) is 6.08. The molecule has 0 unspecified atom stereocenters. The summed E-state index contributed by atoms with van der Waals surface area (Å²) < 4.78 is 1.87. The van der Waals surface area contributed by atoms with E-state index in [0.29, 0.717) is 15.1 Å². The van der Waals surface area contributed by atoms with Gasteiger partial charge in [-0.25, -0.2) is 4.68 Å². The Morgan fingerprint density at radius 3 is 2.64 bits per heavy atom. The van der Waals surface area contributed by atoms with Crippen molar-refractivity contribution < 1.29 is 0 Å². The Bertz CT molecular complexity index is 934. The topological polar surface area (TPSA) is 29.9 Å². The van der Waals surface area contributed by atoms with Crippen molar-refractivity contribution in [3.05, 3.63) is 63.1 Å². The molecule has 0 bridgehead atoms. The number of rotatable bonds is 2. The minimum atomic E-state index is 0.610. The maximum atomic E-state index is 6.43. The van der Waals surface area contributed by atoms with Gasteiger partial charge in [-0.3, -0.25) is 0 Å². The van der Waals surface area contributed by atoms with Crippen LogP contribution in [0.3, 0.4) is 0 Å². The van der Waals surface area contributed by atoms with Gasteiger partial charge >= 0.3 is 0 Å². The summed E-state index contributed by atoms with van der Waals surface area (Å²) in [5.74, 6) is 0.983. The summed E-state index contributed by atoms with van der Waals surface area (Å²) in [6.07, 6.45) is 3.19. The highest BCUT2D eigenvalue weighted by Crippen LogP contribution is 2.36. The van der Waals surface area contributed by atoms with Gasteiger partial charge in [-0.05, 0) is 49.6 Å². The average Bonchev–Trinajstić information content (AvgIpc) is 2.78. The minimum Gasteiger partial charge on any atom is -0.370 e. The molecule has 2 aromatic carbocycles. The first-order chi connectivity index (χ1) is 12.1. The lowest BCUT2D eigenvalue weighted by atomic mass is 10.0. The lowest BCUT2D eigenvalue weighted by Crippen LogP contribution is -2.07. The van der Waals surface area contributed by atoms with E-state index in [1.165, 1.54) is 5.56 Å². The fourth-order valence-corrected chi connectivity index (χ4v) is 3.75. The number of anilines is 1. The van der Waals surface area contributed by atoms with Crippen LogP contribution in [-0.2, 0) is 6.42 Å². The number of nitrogens with one attached hydrogen (secondary N) is 1. The average molecular weight is 393 g/mol. The van der Waals surface area contributed by atoms with Crippen molar-refractivity contribution in [3.8, 4) is 16.9 Å². The fourth-order valence-electron chi connectivity index (χ4n) is 3.19. The summed E-state index contributed by atoms with van der Waals surface area (Å²) in [6.45, 7) is 0.909. The van der Waals surface area contributed by atoms with Gasteiger partial charge in [0.1, 0.15) is 5.82 Å². The molecule has 0 radical (unpaired) electrons. The van der Waals surface area contributed by atoms with E-state index in [1.807, 2.05) is 35.0 Å². The number of halogens is 3. The Hall–Kier alpha value is -1.68. The third-order valence-electron chi connectivity index (χ3n) is 4.36. The van der Waals surface area contributed by atoms with Gasteiger partial charge < -0.3 is 5.32 Å². The van der Waals surface area contributed by atoms with Crippen molar-refractivity contribution in [1.82, 2.24) is 9.78 Å². The Morgan fingerprint density at radius 2 is 1.80 bits per heavy atom. The molecule has 1 aliphatic rings. The first kappa shape index (κ1) is 16.8. The van der Waals surface area contributed by atoms with Crippen LogP contribution in [0.15, 0.2) is 42.5 Å². The van der Waals surface area contributed by atoms with Crippen LogP contribution in [0.25, 0.3) is 16.9 Å². The summed E-state index contributed by atoms with van der Waals surface area (Å²) in [5.41, 5.74) is 3.90. The van der Waals surface area contributed by atoms with Crippen molar-refractivity contribution in [2.45, 2.75) is 19.3 Å². The molecule has 25 heavy (non-hydrogen) atoms. The van der Waals surface area contributed by atoms with Gasteiger partial charge in [0.2, 0.25) is 0 Å². The second-order valence-corrected chi connectivity index (χ2v) is 7.36. The lowest BCUT2D eigenvalue weighted by Gasteiger charge is -2.11. The van der Waals surface area contributed by atoms with Gasteiger partial charge in [-0.2, -0.15) is 5.10 Å². The summed E-state index contributed by atoms with van der Waals surface area (Å²) in [6, 6.07) is 13.2. The zero-order chi connectivity index (χ0) is 17.4. The molecule has 0 atom stereocenters. The molecular weight excluding hydrogens is 377 g/mol. The molecule has 2 heterocycles. The lowest BCUT2D eigenvalue weighted by molar-refractivity contribution is 0.780. The van der Waals surface area contributed by atoms with E-state index >= 15 is 0 Å². The highest BCUT2D eigenvalue weighted by atomic mass is 35.5. The smallest absolute Gasteiger partial charge is 0.133 e. The van der Waals surface area contributed by atoms with Crippen molar-refractivity contribution in [3.63, 3.8) is 0 Å². The molecule has 0 fully saturated rings. The molecule has 1 aliphatic heterocycles. The molecule has 128 valence electrons. The number of hydrogen-bond acceptors (Lipinski definition) is 2. The van der Waals surface area contributed by atoms with E-state index < -0.39 is 0 Å². The van der Waals surface area contributed by atoms with Gasteiger partial charge in [-0.1, -0.05) is 46.9 Å². The van der Waals surface area contributed by atoms with Gasteiger partial charge in [0.25, 0.3) is 0 Å². The number of nitrogens with zero attached hydrogens (tertiary/aromatic N) is 2. The maximum Gasteiger partial charge on any atom is 0.133 e. The van der Waals surface area contributed by atoms with E-state index in [0.717, 1.165) is 48.6 Å². The Kier molecular flexibility index (Phi) is 4.63. The van der Waals surface area contributed by atoms with Gasteiger partial charge in [0.05, 0.1) is 16.4 Å². The highest BCUT2D eigenvalue weighted by molar-refractivity contribution is 6.34. The van der Waals surface area contributed by atoms with E-state index in [9.17, 15) is 0 Å². The summed E-state index contributed by atoms with van der Waals surface area (Å²) in [4.78, 5) is 0. The van der Waals surface area contributed by atoms with Crippen molar-refractivity contribution >= 4 is 40.6 Å². The van der Waals surface area contributed by atoms with Crippen molar-refractivity contribution in [2.24, 2.45) is 0 Å². The Morgan fingerprint density at radius 1 is 0.960 bits per heavy atom. The molecule has 3 nitrogen and oxygen atoms in total. The zero-order valence-electron chi connectivity index (χ0n) is 13.4. The van der Waals surface area contributed by atoms with Crippen LogP contribution < -0.4 is 5.32 Å². The molecule has 3 aromatic rings. The molecule has 6 heteroatoms. The zero-order valence-corrected chi connectivity index (χ0v) is 15.7. The van der Waals surface area contributed by atoms with Crippen molar-refractivity contribution in [1.29, 1.82) is 0 Å². The number of aromatic nitrogens is 2. The first-order valence-electron chi connectivity index (χ1n) is 8.20. The van der Waals surface area contributed by atoms with Crippen LogP contribution in [0.5, 0.6) is 0 Å². The predicted octanol–water partition coefficient (Wildman–Crippen LogP) is 6.25. The van der Waals surface area contributed by atoms with E-state index in [-0.39, 0.29) is 0 Å². The van der Waals surface area contributed by atoms with E-state index in [1.54, 1.807) is 12.1 Å². The second kappa shape index (κ2) is 6.91. The monoisotopic (exact) mass is 391 g/mol. The van der Waals surface area contributed by atoms with E-state index in [2.05, 4.69) is 5.32 Å². The summed E-state index contributed by atoms with van der Waals surface area (Å²) in [5, 5.41) is 10.3. The standard InChI is InChI=1S/C19H16Cl3N3/c20-13-5-3-4-12(10-13)18-15-6-1-2-9-23-19(15)25(24-18)17-11-14(21)7-8-16(17)22/h3-5,7-8,10-11,23H,1-2,6,9H2. The quantitative estimate of drug-likeness (QED) is 0.559. The molecule has 1 N–H and O–H groups in total. The predicted molar refractivity (Wildman–Crippen MR) is 105 cm³/mol. The third-order valence-corrected chi connectivity index (χ3v) is 5.15. The number of fused-ring (bicyclic) bond motifs is 1. The van der Waals surface area contributed by atoms with E-state index in [4.69, 9.17) is 39.9 Å².